The fourth-order valence-electron chi connectivity index (χ4n) is 4.42. The van der Waals surface area contributed by atoms with E-state index in [0.717, 1.165) is 38.2 Å². The van der Waals surface area contributed by atoms with E-state index in [0.29, 0.717) is 18.7 Å². The highest BCUT2D eigenvalue weighted by Gasteiger charge is 2.59. The van der Waals surface area contributed by atoms with E-state index in [1.165, 1.54) is 6.42 Å². The second-order valence-corrected chi connectivity index (χ2v) is 6.49. The van der Waals surface area contributed by atoms with Crippen LogP contribution in [0.3, 0.4) is 0 Å². The number of carbonyl (C=O) groups excluding carboxylic acids is 1. The molecule has 3 rings (SSSR count). The molecule has 2 fully saturated rings. The highest BCUT2D eigenvalue weighted by Crippen LogP contribution is 2.52. The molecule has 1 aromatic rings. The Hall–Kier alpha value is -1.43. The summed E-state index contributed by atoms with van der Waals surface area (Å²) >= 11 is 0. The van der Waals surface area contributed by atoms with Crippen molar-refractivity contribution in [1.29, 1.82) is 0 Å². The quantitative estimate of drug-likeness (QED) is 0.750. The first-order chi connectivity index (χ1) is 10.6. The minimum atomic E-state index is -0.291. The van der Waals surface area contributed by atoms with E-state index >= 15 is 0 Å². The number of aromatic nitrogens is 3. The van der Waals surface area contributed by atoms with Gasteiger partial charge in [0.05, 0.1) is 12.0 Å². The van der Waals surface area contributed by atoms with Crippen LogP contribution in [0, 0.1) is 12.3 Å². The molecule has 0 amide bonds. The maximum atomic E-state index is 12.5. The molecule has 2 bridgehead atoms. The van der Waals surface area contributed by atoms with Crippen LogP contribution in [0.15, 0.2) is 6.33 Å². The molecule has 3 atom stereocenters. The highest BCUT2D eigenvalue weighted by atomic mass is 16.5. The molecule has 2 aliphatic rings. The standard InChI is InChI=1S/C16H26N4O2/c1-4-16(15(21)22-5-2)10-13-6-7-14(16)20(13)9-8-19-11-17-18-12(19)3/h11,13-14H,4-10H2,1-3H3/t13-,14+,16+/m1/s1. The van der Waals surface area contributed by atoms with Crippen LogP contribution in [-0.4, -0.2) is 50.9 Å². The van der Waals surface area contributed by atoms with Crippen molar-refractivity contribution in [3.8, 4) is 0 Å². The zero-order valence-electron chi connectivity index (χ0n) is 13.8. The van der Waals surface area contributed by atoms with Crippen LogP contribution in [0.1, 0.15) is 45.4 Å². The summed E-state index contributed by atoms with van der Waals surface area (Å²) in [4.78, 5) is 15.1. The molecule has 6 nitrogen and oxygen atoms in total. The van der Waals surface area contributed by atoms with E-state index in [1.54, 1.807) is 6.33 Å². The molecule has 0 spiro atoms. The largest absolute Gasteiger partial charge is 0.466 e. The van der Waals surface area contributed by atoms with Crippen molar-refractivity contribution in [1.82, 2.24) is 19.7 Å². The molecular weight excluding hydrogens is 280 g/mol. The Bertz CT molecular complexity index is 544. The smallest absolute Gasteiger partial charge is 0.313 e. The number of nitrogens with zero attached hydrogens (tertiary/aromatic N) is 4. The number of fused-ring (bicyclic) bond motifs is 2. The van der Waals surface area contributed by atoms with Gasteiger partial charge in [-0.05, 0) is 39.5 Å². The average Bonchev–Trinajstić information content (AvgIpc) is 3.18. The predicted molar refractivity (Wildman–Crippen MR) is 82.2 cm³/mol. The lowest BCUT2D eigenvalue weighted by molar-refractivity contribution is -0.157. The van der Waals surface area contributed by atoms with Gasteiger partial charge in [-0.2, -0.15) is 0 Å². The summed E-state index contributed by atoms with van der Waals surface area (Å²) in [5.41, 5.74) is -0.291. The second kappa shape index (κ2) is 5.99. The number of carbonyl (C=O) groups is 1. The minimum absolute atomic E-state index is 0.00942. The highest BCUT2D eigenvalue weighted by molar-refractivity contribution is 5.78. The lowest BCUT2D eigenvalue weighted by Gasteiger charge is -2.34. The number of ether oxygens (including phenoxy) is 1. The first-order valence-corrected chi connectivity index (χ1v) is 8.39. The normalized spacial score (nSPS) is 30.9. The summed E-state index contributed by atoms with van der Waals surface area (Å²) in [5.74, 6) is 0.953. The number of rotatable bonds is 6. The summed E-state index contributed by atoms with van der Waals surface area (Å²) in [7, 11) is 0. The first kappa shape index (κ1) is 15.5. The summed E-state index contributed by atoms with van der Waals surface area (Å²) < 4.78 is 7.48. The van der Waals surface area contributed by atoms with Gasteiger partial charge in [0.25, 0.3) is 0 Å². The third-order valence-corrected chi connectivity index (χ3v) is 5.60. The number of esters is 1. The minimum Gasteiger partial charge on any atom is -0.466 e. The second-order valence-electron chi connectivity index (χ2n) is 6.49. The van der Waals surface area contributed by atoms with Crippen LogP contribution in [0.2, 0.25) is 0 Å². The van der Waals surface area contributed by atoms with Crippen LogP contribution in [-0.2, 0) is 16.1 Å². The zero-order valence-corrected chi connectivity index (χ0v) is 13.8. The lowest BCUT2D eigenvalue weighted by atomic mass is 9.72. The van der Waals surface area contributed by atoms with E-state index in [4.69, 9.17) is 4.74 Å². The van der Waals surface area contributed by atoms with Crippen molar-refractivity contribution < 1.29 is 9.53 Å². The molecule has 0 aliphatic carbocycles. The first-order valence-electron chi connectivity index (χ1n) is 8.39. The molecule has 0 radical (unpaired) electrons. The lowest BCUT2D eigenvalue weighted by Crippen LogP contribution is -2.44. The van der Waals surface area contributed by atoms with Gasteiger partial charge in [0.15, 0.2) is 0 Å². The Morgan fingerprint density at radius 1 is 1.41 bits per heavy atom. The Labute approximate surface area is 131 Å². The van der Waals surface area contributed by atoms with Crippen molar-refractivity contribution in [3.05, 3.63) is 12.2 Å². The van der Waals surface area contributed by atoms with Gasteiger partial charge < -0.3 is 9.30 Å². The van der Waals surface area contributed by atoms with Gasteiger partial charge in [-0.25, -0.2) is 0 Å². The molecule has 3 heterocycles. The molecule has 22 heavy (non-hydrogen) atoms. The van der Waals surface area contributed by atoms with Gasteiger partial charge in [0, 0.05) is 25.2 Å². The van der Waals surface area contributed by atoms with Gasteiger partial charge in [0.1, 0.15) is 12.2 Å². The maximum Gasteiger partial charge on any atom is 0.313 e. The average molecular weight is 306 g/mol. The fourth-order valence-corrected chi connectivity index (χ4v) is 4.42. The number of hydrogen-bond acceptors (Lipinski definition) is 5. The summed E-state index contributed by atoms with van der Waals surface area (Å²) in [6.45, 7) is 8.29. The van der Waals surface area contributed by atoms with Crippen molar-refractivity contribution in [2.75, 3.05) is 13.2 Å². The van der Waals surface area contributed by atoms with Crippen LogP contribution in [0.25, 0.3) is 0 Å². The molecule has 0 unspecified atom stereocenters. The van der Waals surface area contributed by atoms with Crippen molar-refractivity contribution >= 4 is 5.97 Å². The molecule has 0 N–H and O–H groups in total. The van der Waals surface area contributed by atoms with Gasteiger partial charge in [-0.1, -0.05) is 6.92 Å². The Balaban J connectivity index is 1.72. The van der Waals surface area contributed by atoms with Crippen molar-refractivity contribution in [3.63, 3.8) is 0 Å². The Morgan fingerprint density at radius 3 is 2.86 bits per heavy atom. The van der Waals surface area contributed by atoms with Crippen LogP contribution < -0.4 is 0 Å². The summed E-state index contributed by atoms with van der Waals surface area (Å²) in [5, 5.41) is 7.97. The Morgan fingerprint density at radius 2 is 2.23 bits per heavy atom. The van der Waals surface area contributed by atoms with E-state index in [2.05, 4.69) is 26.6 Å². The Kier molecular flexibility index (Phi) is 4.21. The van der Waals surface area contributed by atoms with E-state index in [9.17, 15) is 4.79 Å². The molecule has 2 aliphatic heterocycles. The third kappa shape index (κ3) is 2.33. The van der Waals surface area contributed by atoms with E-state index in [1.807, 2.05) is 13.8 Å². The van der Waals surface area contributed by atoms with Crippen molar-refractivity contribution in [2.45, 2.75) is 65.1 Å². The molecule has 6 heteroatoms. The van der Waals surface area contributed by atoms with Crippen LogP contribution in [0.5, 0.6) is 0 Å². The SMILES string of the molecule is CCOC(=O)[C@@]1(CC)C[C@H]2CC[C@@H]1N2CCn1cnnc1C. The van der Waals surface area contributed by atoms with Gasteiger partial charge in [-0.3, -0.25) is 9.69 Å². The molecule has 122 valence electrons. The monoisotopic (exact) mass is 306 g/mol. The predicted octanol–water partition coefficient (Wildman–Crippen LogP) is 1.78. The molecule has 2 saturated heterocycles. The molecule has 0 aromatic carbocycles. The number of hydrogen-bond donors (Lipinski definition) is 0. The molecule has 0 saturated carbocycles. The van der Waals surface area contributed by atoms with Crippen LogP contribution in [0.4, 0.5) is 0 Å². The fraction of sp³-hybridized carbons (Fsp3) is 0.812. The van der Waals surface area contributed by atoms with Gasteiger partial charge in [-0.15, -0.1) is 10.2 Å². The topological polar surface area (TPSA) is 60.2 Å². The summed E-state index contributed by atoms with van der Waals surface area (Å²) in [6, 6.07) is 0.851. The maximum absolute atomic E-state index is 12.5. The van der Waals surface area contributed by atoms with Crippen LogP contribution >= 0.6 is 0 Å². The zero-order chi connectivity index (χ0) is 15.7. The van der Waals surface area contributed by atoms with Gasteiger partial charge >= 0.3 is 5.97 Å². The van der Waals surface area contributed by atoms with E-state index < -0.39 is 0 Å². The van der Waals surface area contributed by atoms with E-state index in [-0.39, 0.29) is 11.4 Å². The van der Waals surface area contributed by atoms with Crippen molar-refractivity contribution in [2.24, 2.45) is 5.41 Å². The summed E-state index contributed by atoms with van der Waals surface area (Å²) in [6.07, 6.45) is 5.92. The number of aryl methyl sites for hydroxylation is 1. The van der Waals surface area contributed by atoms with Gasteiger partial charge in [0.2, 0.25) is 0 Å². The molecular formula is C16H26N4O2. The third-order valence-electron chi connectivity index (χ3n) is 5.60. The molecule has 1 aromatic heterocycles.